The summed E-state index contributed by atoms with van der Waals surface area (Å²) in [5, 5.41) is 2.80. The van der Waals surface area contributed by atoms with Crippen LogP contribution in [0.1, 0.15) is 37.6 Å². The zero-order valence-corrected chi connectivity index (χ0v) is 13.5. The highest BCUT2D eigenvalue weighted by Crippen LogP contribution is 2.16. The lowest BCUT2D eigenvalue weighted by molar-refractivity contribution is 0.0894. The van der Waals surface area contributed by atoms with Crippen LogP contribution in [0.25, 0.3) is 0 Å². The normalized spacial score (nSPS) is 12.9. The second-order valence-corrected chi connectivity index (χ2v) is 5.17. The standard InChI is InChI=1S/C13H20FN3O.2ClH/c1-9(2)6-13(3,8-15)17-12(18)10-4-5-16-7-11(10)14;;/h4-5,7,9H,6,8,15H2,1-3H3,(H,17,18);2*1H. The maximum absolute atomic E-state index is 13.4. The van der Waals surface area contributed by atoms with Crippen LogP contribution >= 0.6 is 24.8 Å². The number of halogens is 3. The Balaban J connectivity index is 0. The van der Waals surface area contributed by atoms with Crippen LogP contribution in [0.3, 0.4) is 0 Å². The Morgan fingerprint density at radius 1 is 1.50 bits per heavy atom. The molecule has 0 fully saturated rings. The molecule has 3 N–H and O–H groups in total. The average molecular weight is 326 g/mol. The van der Waals surface area contributed by atoms with Gasteiger partial charge in [-0.15, -0.1) is 24.8 Å². The number of nitrogens with two attached hydrogens (primary N) is 1. The third-order valence-electron chi connectivity index (χ3n) is 2.74. The maximum Gasteiger partial charge on any atom is 0.254 e. The van der Waals surface area contributed by atoms with E-state index < -0.39 is 17.3 Å². The van der Waals surface area contributed by atoms with Crippen molar-refractivity contribution in [2.24, 2.45) is 11.7 Å². The van der Waals surface area contributed by atoms with E-state index in [4.69, 9.17) is 5.73 Å². The summed E-state index contributed by atoms with van der Waals surface area (Å²) in [5.41, 5.74) is 5.17. The van der Waals surface area contributed by atoms with Gasteiger partial charge in [-0.1, -0.05) is 13.8 Å². The summed E-state index contributed by atoms with van der Waals surface area (Å²) in [7, 11) is 0. The lowest BCUT2D eigenvalue weighted by Gasteiger charge is -2.31. The summed E-state index contributed by atoms with van der Waals surface area (Å²) in [6.07, 6.45) is 3.15. The second kappa shape index (κ2) is 9.10. The third-order valence-corrected chi connectivity index (χ3v) is 2.74. The molecule has 0 aromatic carbocycles. The molecule has 0 saturated heterocycles. The van der Waals surface area contributed by atoms with E-state index in [1.807, 2.05) is 20.8 Å². The molecule has 1 aromatic heterocycles. The lowest BCUT2D eigenvalue weighted by atomic mass is 9.90. The van der Waals surface area contributed by atoms with Crippen molar-refractivity contribution in [1.82, 2.24) is 10.3 Å². The first kappa shape index (κ1) is 21.4. The van der Waals surface area contributed by atoms with Crippen molar-refractivity contribution in [3.05, 3.63) is 29.8 Å². The van der Waals surface area contributed by atoms with E-state index in [9.17, 15) is 9.18 Å². The fourth-order valence-corrected chi connectivity index (χ4v) is 1.99. The van der Waals surface area contributed by atoms with Gasteiger partial charge in [0.05, 0.1) is 11.8 Å². The monoisotopic (exact) mass is 325 g/mol. The molecule has 0 saturated carbocycles. The molecule has 1 heterocycles. The Bertz CT molecular complexity index is 432. The van der Waals surface area contributed by atoms with E-state index in [0.29, 0.717) is 12.5 Å². The van der Waals surface area contributed by atoms with Gasteiger partial charge in [0.2, 0.25) is 0 Å². The van der Waals surface area contributed by atoms with Crippen molar-refractivity contribution in [2.75, 3.05) is 6.54 Å². The molecule has 0 aliphatic rings. The van der Waals surface area contributed by atoms with E-state index in [2.05, 4.69) is 10.3 Å². The van der Waals surface area contributed by atoms with Gasteiger partial charge in [-0.25, -0.2) is 4.39 Å². The lowest BCUT2D eigenvalue weighted by Crippen LogP contribution is -2.52. The van der Waals surface area contributed by atoms with Gasteiger partial charge in [-0.3, -0.25) is 9.78 Å². The predicted molar refractivity (Wildman–Crippen MR) is 83.1 cm³/mol. The third kappa shape index (κ3) is 6.03. The van der Waals surface area contributed by atoms with Gasteiger partial charge in [0.1, 0.15) is 0 Å². The van der Waals surface area contributed by atoms with Crippen molar-refractivity contribution in [3.8, 4) is 0 Å². The molecule has 0 aliphatic carbocycles. The number of amides is 1. The summed E-state index contributed by atoms with van der Waals surface area (Å²) in [6.45, 7) is 6.27. The average Bonchev–Trinajstić information content (AvgIpc) is 2.28. The zero-order valence-electron chi connectivity index (χ0n) is 11.9. The number of nitrogens with zero attached hydrogens (tertiary/aromatic N) is 1. The number of aromatic nitrogens is 1. The van der Waals surface area contributed by atoms with Crippen LogP contribution in [0.5, 0.6) is 0 Å². The first-order valence-electron chi connectivity index (χ1n) is 6.00. The Morgan fingerprint density at radius 3 is 2.55 bits per heavy atom. The van der Waals surface area contributed by atoms with Gasteiger partial charge >= 0.3 is 0 Å². The summed E-state index contributed by atoms with van der Waals surface area (Å²) in [6, 6.07) is 1.36. The molecule has 1 aromatic rings. The topological polar surface area (TPSA) is 68.0 Å². The number of carbonyl (C=O) groups is 1. The van der Waals surface area contributed by atoms with Crippen LogP contribution in [0.4, 0.5) is 4.39 Å². The highest BCUT2D eigenvalue weighted by molar-refractivity contribution is 5.94. The molecule has 20 heavy (non-hydrogen) atoms. The minimum atomic E-state index is -0.626. The van der Waals surface area contributed by atoms with Crippen LogP contribution in [-0.4, -0.2) is 23.0 Å². The number of hydrogen-bond acceptors (Lipinski definition) is 3. The fourth-order valence-electron chi connectivity index (χ4n) is 1.99. The number of pyridine rings is 1. The molecule has 4 nitrogen and oxygen atoms in total. The van der Waals surface area contributed by atoms with E-state index in [-0.39, 0.29) is 30.4 Å². The van der Waals surface area contributed by atoms with Crippen molar-refractivity contribution < 1.29 is 9.18 Å². The van der Waals surface area contributed by atoms with Gasteiger partial charge in [0.15, 0.2) is 5.82 Å². The van der Waals surface area contributed by atoms with E-state index >= 15 is 0 Å². The molecule has 1 unspecified atom stereocenters. The van der Waals surface area contributed by atoms with E-state index in [1.165, 1.54) is 12.3 Å². The largest absolute Gasteiger partial charge is 0.346 e. The maximum atomic E-state index is 13.4. The summed E-state index contributed by atoms with van der Waals surface area (Å²) < 4.78 is 13.4. The van der Waals surface area contributed by atoms with Gasteiger partial charge in [0, 0.05) is 18.3 Å². The molecule has 1 atom stereocenters. The minimum Gasteiger partial charge on any atom is -0.346 e. The van der Waals surface area contributed by atoms with Gasteiger partial charge < -0.3 is 11.1 Å². The van der Waals surface area contributed by atoms with Crippen LogP contribution in [0, 0.1) is 11.7 Å². The van der Waals surface area contributed by atoms with Crippen LogP contribution in [0.15, 0.2) is 18.5 Å². The first-order valence-corrected chi connectivity index (χ1v) is 6.00. The predicted octanol–water partition coefficient (Wildman–Crippen LogP) is 2.56. The van der Waals surface area contributed by atoms with Crippen molar-refractivity contribution in [1.29, 1.82) is 0 Å². The molecular weight excluding hydrogens is 304 g/mol. The molecule has 0 radical (unpaired) electrons. The molecule has 0 spiro atoms. The molecular formula is C13H22Cl2FN3O. The smallest absolute Gasteiger partial charge is 0.254 e. The molecule has 1 rings (SSSR count). The quantitative estimate of drug-likeness (QED) is 0.874. The molecule has 0 bridgehead atoms. The minimum absolute atomic E-state index is 0. The highest BCUT2D eigenvalue weighted by atomic mass is 35.5. The number of carbonyl (C=O) groups excluding carboxylic acids is 1. The van der Waals surface area contributed by atoms with E-state index in [0.717, 1.165) is 12.6 Å². The Morgan fingerprint density at radius 2 is 2.10 bits per heavy atom. The number of nitrogens with one attached hydrogen (secondary N) is 1. The van der Waals surface area contributed by atoms with Gasteiger partial charge in [-0.05, 0) is 25.3 Å². The highest BCUT2D eigenvalue weighted by Gasteiger charge is 2.27. The fraction of sp³-hybridized carbons (Fsp3) is 0.538. The molecule has 116 valence electrons. The molecule has 1 amide bonds. The second-order valence-electron chi connectivity index (χ2n) is 5.17. The molecule has 7 heteroatoms. The summed E-state index contributed by atoms with van der Waals surface area (Å²) >= 11 is 0. The SMILES string of the molecule is CC(C)CC(C)(CN)NC(=O)c1ccncc1F.Cl.Cl. The Kier molecular flexibility index (Phi) is 9.74. The molecule has 0 aliphatic heterocycles. The van der Waals surface area contributed by atoms with E-state index in [1.54, 1.807) is 0 Å². The van der Waals surface area contributed by atoms with Gasteiger partial charge in [-0.2, -0.15) is 0 Å². The van der Waals surface area contributed by atoms with Crippen LogP contribution in [-0.2, 0) is 0 Å². The first-order chi connectivity index (χ1) is 8.38. The Labute approximate surface area is 131 Å². The summed E-state index contributed by atoms with van der Waals surface area (Å²) in [4.78, 5) is 15.6. The van der Waals surface area contributed by atoms with Crippen molar-refractivity contribution in [2.45, 2.75) is 32.7 Å². The summed E-state index contributed by atoms with van der Waals surface area (Å²) in [5.74, 6) is -0.691. The number of rotatable bonds is 5. The van der Waals surface area contributed by atoms with Gasteiger partial charge in [0.25, 0.3) is 5.91 Å². The number of hydrogen-bond donors (Lipinski definition) is 2. The van der Waals surface area contributed by atoms with Crippen LogP contribution < -0.4 is 11.1 Å². The van der Waals surface area contributed by atoms with Crippen molar-refractivity contribution >= 4 is 30.7 Å². The van der Waals surface area contributed by atoms with Crippen LogP contribution in [0.2, 0.25) is 0 Å². The zero-order chi connectivity index (χ0) is 13.8. The Hall–Kier alpha value is -0.910. The van der Waals surface area contributed by atoms with Crippen molar-refractivity contribution in [3.63, 3.8) is 0 Å².